The van der Waals surface area contributed by atoms with Gasteiger partial charge in [-0.3, -0.25) is 5.10 Å². The van der Waals surface area contributed by atoms with Gasteiger partial charge in [0.05, 0.1) is 34.4 Å². The summed E-state index contributed by atoms with van der Waals surface area (Å²) >= 11 is 0. The Morgan fingerprint density at radius 1 is 1.00 bits per heavy atom. The number of likely N-dealkylation sites (tertiary alicyclic amines) is 1. The molecule has 1 unspecified atom stereocenters. The van der Waals surface area contributed by atoms with Crippen LogP contribution in [0.5, 0.6) is 11.5 Å². The van der Waals surface area contributed by atoms with E-state index in [0.717, 1.165) is 62.6 Å². The lowest BCUT2D eigenvalue weighted by Gasteiger charge is -2.44. The van der Waals surface area contributed by atoms with Gasteiger partial charge in [0, 0.05) is 61.4 Å². The maximum atomic E-state index is 15.5. The molecule has 3 aromatic carbocycles. The van der Waals surface area contributed by atoms with Crippen molar-refractivity contribution in [3.63, 3.8) is 0 Å². The number of aromatic amines is 1. The van der Waals surface area contributed by atoms with Gasteiger partial charge in [0.1, 0.15) is 41.5 Å². The molecule has 1 atom stereocenters. The topological polar surface area (TPSA) is 80.7 Å². The van der Waals surface area contributed by atoms with Gasteiger partial charge in [-0.15, -0.1) is 0 Å². The molecule has 7 rings (SSSR count). The van der Waals surface area contributed by atoms with Crippen LogP contribution in [0.3, 0.4) is 0 Å². The molecule has 42 heavy (non-hydrogen) atoms. The van der Waals surface area contributed by atoms with Gasteiger partial charge >= 0.3 is 0 Å². The van der Waals surface area contributed by atoms with Crippen LogP contribution < -0.4 is 14.4 Å². The number of ether oxygens (including phenoxy) is 2. The molecule has 4 heterocycles. The molecule has 4 aromatic rings. The van der Waals surface area contributed by atoms with Gasteiger partial charge in [-0.05, 0) is 51.2 Å². The zero-order chi connectivity index (χ0) is 29.0. The van der Waals surface area contributed by atoms with Crippen molar-refractivity contribution in [3.8, 4) is 40.0 Å². The fourth-order valence-corrected chi connectivity index (χ4v) is 6.43. The van der Waals surface area contributed by atoms with Crippen LogP contribution >= 0.6 is 0 Å². The third kappa shape index (κ3) is 4.72. The molecule has 216 valence electrons. The van der Waals surface area contributed by atoms with E-state index in [1.165, 1.54) is 12.1 Å². The normalized spacial score (nSPS) is 19.7. The maximum absolute atomic E-state index is 15.5. The number of halogens is 2. The number of nitrogens with zero attached hydrogens (tertiary/aromatic N) is 5. The summed E-state index contributed by atoms with van der Waals surface area (Å²) in [6.07, 6.45) is 1.50. The van der Waals surface area contributed by atoms with Gasteiger partial charge in [0.15, 0.2) is 0 Å². The van der Waals surface area contributed by atoms with E-state index in [1.54, 1.807) is 12.1 Å². The van der Waals surface area contributed by atoms with Crippen molar-refractivity contribution in [3.05, 3.63) is 59.7 Å². The van der Waals surface area contributed by atoms with E-state index in [9.17, 15) is 5.26 Å². The van der Waals surface area contributed by atoms with Crippen LogP contribution in [0, 0.1) is 23.0 Å². The van der Waals surface area contributed by atoms with E-state index < -0.39 is 11.6 Å². The van der Waals surface area contributed by atoms with E-state index >= 15 is 8.78 Å². The molecule has 0 radical (unpaired) electrons. The van der Waals surface area contributed by atoms with Crippen molar-refractivity contribution in [2.24, 2.45) is 0 Å². The van der Waals surface area contributed by atoms with E-state index in [0.29, 0.717) is 29.2 Å². The Balaban J connectivity index is 1.24. The lowest BCUT2D eigenvalue weighted by Crippen LogP contribution is -2.56. The van der Waals surface area contributed by atoms with Gasteiger partial charge in [0.2, 0.25) is 0 Å². The lowest BCUT2D eigenvalue weighted by molar-refractivity contribution is 0.113. The van der Waals surface area contributed by atoms with Crippen LogP contribution in [0.2, 0.25) is 0 Å². The molecular formula is C32H32F2N6O2. The Labute approximate surface area is 243 Å². The first-order valence-electron chi connectivity index (χ1n) is 14.4. The second kappa shape index (κ2) is 10.6. The first-order chi connectivity index (χ1) is 20.4. The molecule has 0 spiro atoms. The Morgan fingerprint density at radius 2 is 1.79 bits per heavy atom. The van der Waals surface area contributed by atoms with Crippen molar-refractivity contribution in [1.29, 1.82) is 5.26 Å². The molecule has 0 amide bonds. The van der Waals surface area contributed by atoms with Crippen molar-refractivity contribution < 1.29 is 18.3 Å². The highest BCUT2D eigenvalue weighted by Crippen LogP contribution is 2.41. The fraction of sp³-hybridized carbons (Fsp3) is 0.375. The number of hydrogen-bond acceptors (Lipinski definition) is 7. The van der Waals surface area contributed by atoms with Crippen LogP contribution in [0.15, 0.2) is 42.5 Å². The lowest BCUT2D eigenvalue weighted by atomic mass is 9.95. The molecule has 8 nitrogen and oxygen atoms in total. The molecule has 3 aliphatic heterocycles. The third-order valence-corrected chi connectivity index (χ3v) is 8.73. The molecule has 0 aliphatic carbocycles. The average molecular weight is 571 g/mol. The summed E-state index contributed by atoms with van der Waals surface area (Å²) in [5.74, 6) is -0.607. The number of benzene rings is 3. The maximum Gasteiger partial charge on any atom is 0.143 e. The zero-order valence-corrected chi connectivity index (χ0v) is 23.7. The number of likely N-dealkylation sites (N-methyl/N-ethyl adjacent to an activating group) is 1. The molecule has 0 saturated carbocycles. The minimum atomic E-state index is -0.775. The minimum Gasteiger partial charge on any atom is -0.490 e. The van der Waals surface area contributed by atoms with Crippen LogP contribution in [0.4, 0.5) is 14.5 Å². The van der Waals surface area contributed by atoms with E-state index in [4.69, 9.17) is 9.47 Å². The van der Waals surface area contributed by atoms with E-state index in [2.05, 4.69) is 44.1 Å². The third-order valence-electron chi connectivity index (χ3n) is 8.73. The zero-order valence-electron chi connectivity index (χ0n) is 23.7. The van der Waals surface area contributed by atoms with Crippen LogP contribution in [0.25, 0.3) is 33.3 Å². The molecule has 0 bridgehead atoms. The molecule has 10 heteroatoms. The SMILES string of the molecule is CN1CCC(Oc2cc(F)c(-c3cc4c(-c5ccc6c(c5)OCC5CN(C)CCN65)n[nH]c4cc3C#N)c(F)c2)CC1. The number of fused-ring (bicyclic) bond motifs is 4. The first-order valence-corrected chi connectivity index (χ1v) is 14.4. The summed E-state index contributed by atoms with van der Waals surface area (Å²) in [6, 6.07) is 14.1. The summed E-state index contributed by atoms with van der Waals surface area (Å²) in [5, 5.41) is 18.1. The second-order valence-corrected chi connectivity index (χ2v) is 11.6. The molecule has 2 fully saturated rings. The van der Waals surface area contributed by atoms with Gasteiger partial charge in [-0.25, -0.2) is 8.78 Å². The quantitative estimate of drug-likeness (QED) is 0.369. The van der Waals surface area contributed by atoms with Crippen LogP contribution in [-0.4, -0.2) is 85.6 Å². The minimum absolute atomic E-state index is 0.0897. The highest BCUT2D eigenvalue weighted by Gasteiger charge is 2.32. The second-order valence-electron chi connectivity index (χ2n) is 11.6. The number of piperidine rings is 1. The Morgan fingerprint density at radius 3 is 2.55 bits per heavy atom. The Kier molecular flexibility index (Phi) is 6.72. The molecule has 1 N–H and O–H groups in total. The first kappa shape index (κ1) is 26.7. The number of H-pyrrole nitrogens is 1. The smallest absolute Gasteiger partial charge is 0.143 e. The van der Waals surface area contributed by atoms with Crippen molar-refractivity contribution in [2.45, 2.75) is 25.0 Å². The Bertz CT molecular complexity index is 1680. The fourth-order valence-electron chi connectivity index (χ4n) is 6.43. The van der Waals surface area contributed by atoms with Crippen molar-refractivity contribution in [1.82, 2.24) is 20.0 Å². The summed E-state index contributed by atoms with van der Waals surface area (Å²) < 4.78 is 43.2. The standard InChI is InChI=1S/C32H32F2N6O2/c1-38-7-5-22(6-8-38)42-23-13-26(33)31(27(34)14-23)24-15-25-28(11-20(24)16-35)36-37-32(25)19-3-4-29-30(12-19)41-18-21-17-39(2)9-10-40(21)29/h3-4,11-15,21-22H,5-10,17-18H2,1-2H3,(H,36,37). The number of rotatable bonds is 4. The largest absolute Gasteiger partial charge is 0.490 e. The predicted octanol–water partition coefficient (Wildman–Crippen LogP) is 5.03. The van der Waals surface area contributed by atoms with Crippen LogP contribution in [0.1, 0.15) is 18.4 Å². The van der Waals surface area contributed by atoms with E-state index in [1.807, 2.05) is 19.2 Å². The molecule has 2 saturated heterocycles. The molecular weight excluding hydrogens is 538 g/mol. The number of anilines is 1. The van der Waals surface area contributed by atoms with E-state index in [-0.39, 0.29) is 28.5 Å². The van der Waals surface area contributed by atoms with Gasteiger partial charge in [-0.2, -0.15) is 10.4 Å². The summed E-state index contributed by atoms with van der Waals surface area (Å²) in [4.78, 5) is 6.91. The molecule has 3 aliphatic rings. The number of nitrogens with one attached hydrogen (secondary N) is 1. The van der Waals surface area contributed by atoms with Gasteiger partial charge in [0.25, 0.3) is 0 Å². The van der Waals surface area contributed by atoms with Gasteiger partial charge in [-0.1, -0.05) is 6.07 Å². The number of hydrogen-bond donors (Lipinski definition) is 1. The number of piperazine rings is 1. The van der Waals surface area contributed by atoms with Crippen molar-refractivity contribution in [2.75, 3.05) is 58.3 Å². The Hall–Kier alpha value is -4.20. The highest BCUT2D eigenvalue weighted by atomic mass is 19.1. The molecule has 1 aromatic heterocycles. The summed E-state index contributed by atoms with van der Waals surface area (Å²) in [5.41, 5.74) is 3.15. The highest BCUT2D eigenvalue weighted by molar-refractivity contribution is 5.98. The van der Waals surface area contributed by atoms with Crippen molar-refractivity contribution >= 4 is 16.6 Å². The summed E-state index contributed by atoms with van der Waals surface area (Å²) in [7, 11) is 4.17. The van der Waals surface area contributed by atoms with Gasteiger partial charge < -0.3 is 24.2 Å². The predicted molar refractivity (Wildman–Crippen MR) is 157 cm³/mol. The van der Waals surface area contributed by atoms with Crippen LogP contribution in [-0.2, 0) is 0 Å². The summed E-state index contributed by atoms with van der Waals surface area (Å²) in [6.45, 7) is 5.23. The number of nitriles is 1. The monoisotopic (exact) mass is 570 g/mol. The number of aromatic nitrogens is 2. The average Bonchev–Trinajstić information content (AvgIpc) is 3.40.